The summed E-state index contributed by atoms with van der Waals surface area (Å²) >= 11 is 1.77. The Labute approximate surface area is 107 Å². The van der Waals surface area contributed by atoms with Crippen molar-refractivity contribution in [3.8, 4) is 0 Å². The molecule has 98 valence electrons. The van der Waals surface area contributed by atoms with Gasteiger partial charge in [0.1, 0.15) is 6.10 Å². The van der Waals surface area contributed by atoms with Crippen LogP contribution < -0.4 is 5.32 Å². The van der Waals surface area contributed by atoms with Gasteiger partial charge >= 0.3 is 0 Å². The first-order valence-corrected chi connectivity index (χ1v) is 7.33. The second-order valence-corrected chi connectivity index (χ2v) is 6.36. The van der Waals surface area contributed by atoms with Gasteiger partial charge in [-0.1, -0.05) is 6.42 Å². The largest absolute Gasteiger partial charge is 0.352 e. The lowest BCUT2D eigenvalue weighted by atomic mass is 10.2. The Morgan fingerprint density at radius 1 is 1.47 bits per heavy atom. The van der Waals surface area contributed by atoms with Crippen LogP contribution in [0.5, 0.6) is 0 Å². The zero-order chi connectivity index (χ0) is 12.3. The van der Waals surface area contributed by atoms with Crippen molar-refractivity contribution in [2.75, 3.05) is 18.9 Å². The molecular formula is C12H21NO3S. The van der Waals surface area contributed by atoms with E-state index in [2.05, 4.69) is 5.32 Å². The molecule has 2 aliphatic heterocycles. The van der Waals surface area contributed by atoms with Gasteiger partial charge in [0.15, 0.2) is 5.79 Å². The fourth-order valence-corrected chi connectivity index (χ4v) is 3.36. The SMILES string of the molecule is CC1(C)OCC(CNC(=O)C2CCCCS2)O1. The zero-order valence-corrected chi connectivity index (χ0v) is 11.3. The highest BCUT2D eigenvalue weighted by Gasteiger charge is 2.33. The molecule has 0 radical (unpaired) electrons. The summed E-state index contributed by atoms with van der Waals surface area (Å²) in [5.41, 5.74) is 0. The minimum Gasteiger partial charge on any atom is -0.352 e. The van der Waals surface area contributed by atoms with Gasteiger partial charge in [-0.15, -0.1) is 11.8 Å². The van der Waals surface area contributed by atoms with E-state index < -0.39 is 5.79 Å². The first-order chi connectivity index (χ1) is 8.07. The van der Waals surface area contributed by atoms with Crippen LogP contribution in [0.2, 0.25) is 0 Å². The number of rotatable bonds is 3. The maximum absolute atomic E-state index is 11.9. The highest BCUT2D eigenvalue weighted by atomic mass is 32.2. The molecule has 2 unspecified atom stereocenters. The summed E-state index contributed by atoms with van der Waals surface area (Å²) in [5.74, 6) is 0.756. The van der Waals surface area contributed by atoms with Gasteiger partial charge in [0.25, 0.3) is 0 Å². The van der Waals surface area contributed by atoms with Crippen LogP contribution in [-0.4, -0.2) is 42.0 Å². The number of carbonyl (C=O) groups excluding carboxylic acids is 1. The number of hydrogen-bond acceptors (Lipinski definition) is 4. The number of carbonyl (C=O) groups is 1. The van der Waals surface area contributed by atoms with Crippen LogP contribution in [0, 0.1) is 0 Å². The lowest BCUT2D eigenvalue weighted by molar-refractivity contribution is -0.139. The third-order valence-electron chi connectivity index (χ3n) is 3.04. The molecule has 5 heteroatoms. The summed E-state index contributed by atoms with van der Waals surface area (Å²) in [7, 11) is 0. The Morgan fingerprint density at radius 3 is 2.88 bits per heavy atom. The van der Waals surface area contributed by atoms with Gasteiger partial charge in [-0.2, -0.15) is 0 Å². The van der Waals surface area contributed by atoms with Crippen molar-refractivity contribution in [3.63, 3.8) is 0 Å². The van der Waals surface area contributed by atoms with Gasteiger partial charge in [0.05, 0.1) is 11.9 Å². The summed E-state index contributed by atoms with van der Waals surface area (Å²) in [6.45, 7) is 4.90. The van der Waals surface area contributed by atoms with Crippen LogP contribution in [0.15, 0.2) is 0 Å². The van der Waals surface area contributed by atoms with Crippen molar-refractivity contribution < 1.29 is 14.3 Å². The first kappa shape index (κ1) is 13.2. The highest BCUT2D eigenvalue weighted by molar-refractivity contribution is 8.00. The highest BCUT2D eigenvalue weighted by Crippen LogP contribution is 2.25. The monoisotopic (exact) mass is 259 g/mol. The van der Waals surface area contributed by atoms with E-state index in [1.54, 1.807) is 11.8 Å². The molecule has 2 aliphatic rings. The quantitative estimate of drug-likeness (QED) is 0.835. The smallest absolute Gasteiger partial charge is 0.233 e. The number of ether oxygens (including phenoxy) is 2. The molecule has 2 fully saturated rings. The molecule has 0 aromatic rings. The fourth-order valence-electron chi connectivity index (χ4n) is 2.14. The van der Waals surface area contributed by atoms with E-state index in [1.165, 1.54) is 12.8 Å². The van der Waals surface area contributed by atoms with Gasteiger partial charge in [0, 0.05) is 6.54 Å². The average Bonchev–Trinajstić information content (AvgIpc) is 2.67. The predicted octanol–water partition coefficient (Wildman–Crippen LogP) is 1.54. The van der Waals surface area contributed by atoms with Gasteiger partial charge in [0.2, 0.25) is 5.91 Å². The molecule has 0 bridgehead atoms. The van der Waals surface area contributed by atoms with Crippen LogP contribution in [0.4, 0.5) is 0 Å². The summed E-state index contributed by atoms with van der Waals surface area (Å²) in [6.07, 6.45) is 3.40. The Kier molecular flexibility index (Phi) is 4.33. The van der Waals surface area contributed by atoms with Crippen LogP contribution in [0.25, 0.3) is 0 Å². The Balaban J connectivity index is 1.69. The van der Waals surface area contributed by atoms with E-state index in [1.807, 2.05) is 13.8 Å². The molecule has 0 spiro atoms. The van der Waals surface area contributed by atoms with E-state index in [0.717, 1.165) is 12.2 Å². The van der Waals surface area contributed by atoms with Gasteiger partial charge in [-0.3, -0.25) is 4.79 Å². The standard InChI is InChI=1S/C12H21NO3S/c1-12(2)15-8-9(16-12)7-13-11(14)10-5-3-4-6-17-10/h9-10H,3-8H2,1-2H3,(H,13,14). The zero-order valence-electron chi connectivity index (χ0n) is 10.5. The topological polar surface area (TPSA) is 47.6 Å². The molecule has 0 aromatic heterocycles. The van der Waals surface area contributed by atoms with Crippen LogP contribution in [0.3, 0.4) is 0 Å². The summed E-state index contributed by atoms with van der Waals surface area (Å²) in [5, 5.41) is 3.11. The van der Waals surface area contributed by atoms with Crippen molar-refractivity contribution in [2.45, 2.75) is 50.3 Å². The molecule has 2 heterocycles. The van der Waals surface area contributed by atoms with E-state index in [-0.39, 0.29) is 17.3 Å². The molecule has 2 rings (SSSR count). The molecule has 2 saturated heterocycles. The van der Waals surface area contributed by atoms with Crippen molar-refractivity contribution >= 4 is 17.7 Å². The number of thioether (sulfide) groups is 1. The molecule has 1 N–H and O–H groups in total. The third-order valence-corrected chi connectivity index (χ3v) is 4.42. The molecule has 1 amide bonds. The molecule has 0 saturated carbocycles. The van der Waals surface area contributed by atoms with Crippen LogP contribution >= 0.6 is 11.8 Å². The van der Waals surface area contributed by atoms with Crippen LogP contribution in [0.1, 0.15) is 33.1 Å². The minimum atomic E-state index is -0.505. The predicted molar refractivity (Wildman–Crippen MR) is 68.0 cm³/mol. The molecule has 2 atom stereocenters. The Morgan fingerprint density at radius 2 is 2.29 bits per heavy atom. The fraction of sp³-hybridized carbons (Fsp3) is 0.917. The number of hydrogen-bond donors (Lipinski definition) is 1. The summed E-state index contributed by atoms with van der Waals surface area (Å²) < 4.78 is 11.1. The minimum absolute atomic E-state index is 0.0115. The molecule has 4 nitrogen and oxygen atoms in total. The summed E-state index contributed by atoms with van der Waals surface area (Å²) in [4.78, 5) is 11.9. The van der Waals surface area contributed by atoms with Gasteiger partial charge < -0.3 is 14.8 Å². The van der Waals surface area contributed by atoms with Crippen molar-refractivity contribution in [2.24, 2.45) is 0 Å². The molecule has 0 aromatic carbocycles. The van der Waals surface area contributed by atoms with Crippen molar-refractivity contribution in [1.29, 1.82) is 0 Å². The lowest BCUT2D eigenvalue weighted by Crippen LogP contribution is -2.39. The normalized spacial score (nSPS) is 32.4. The molecular weight excluding hydrogens is 238 g/mol. The maximum Gasteiger partial charge on any atom is 0.233 e. The molecule has 17 heavy (non-hydrogen) atoms. The number of nitrogens with one attached hydrogen (secondary N) is 1. The van der Waals surface area contributed by atoms with Gasteiger partial charge in [-0.05, 0) is 32.4 Å². The third kappa shape index (κ3) is 3.86. The molecule has 0 aliphatic carbocycles. The average molecular weight is 259 g/mol. The van der Waals surface area contributed by atoms with Gasteiger partial charge in [-0.25, -0.2) is 0 Å². The van der Waals surface area contributed by atoms with E-state index in [0.29, 0.717) is 13.2 Å². The summed E-state index contributed by atoms with van der Waals surface area (Å²) in [6, 6.07) is 0. The van der Waals surface area contributed by atoms with E-state index in [9.17, 15) is 4.79 Å². The maximum atomic E-state index is 11.9. The lowest BCUT2D eigenvalue weighted by Gasteiger charge is -2.21. The second-order valence-electron chi connectivity index (χ2n) is 5.05. The Bertz CT molecular complexity index is 277. The number of amides is 1. The van der Waals surface area contributed by atoms with E-state index in [4.69, 9.17) is 9.47 Å². The second kappa shape index (κ2) is 5.59. The van der Waals surface area contributed by atoms with Crippen LogP contribution in [-0.2, 0) is 14.3 Å². The Hall–Kier alpha value is -0.260. The van der Waals surface area contributed by atoms with E-state index >= 15 is 0 Å². The van der Waals surface area contributed by atoms with Crippen molar-refractivity contribution in [1.82, 2.24) is 5.32 Å². The van der Waals surface area contributed by atoms with Crippen molar-refractivity contribution in [3.05, 3.63) is 0 Å². The first-order valence-electron chi connectivity index (χ1n) is 6.28.